The van der Waals surface area contributed by atoms with Crippen LogP contribution < -0.4 is 0 Å². The van der Waals surface area contributed by atoms with Gasteiger partial charge in [0.15, 0.2) is 0 Å². The summed E-state index contributed by atoms with van der Waals surface area (Å²) in [7, 11) is 0. The fraction of sp³-hybridized carbons (Fsp3) is 0.227. The molecule has 1 aliphatic heterocycles. The van der Waals surface area contributed by atoms with Crippen LogP contribution in [0, 0.1) is 0 Å². The monoisotopic (exact) mass is 413 g/mol. The van der Waals surface area contributed by atoms with Crippen molar-refractivity contribution in [2.75, 3.05) is 13.1 Å². The topological polar surface area (TPSA) is 111 Å². The van der Waals surface area contributed by atoms with Gasteiger partial charge in [-0.05, 0) is 23.3 Å². The van der Waals surface area contributed by atoms with Crippen LogP contribution in [0.15, 0.2) is 72.2 Å². The van der Waals surface area contributed by atoms with Gasteiger partial charge >= 0.3 is 0 Å². The number of nitrogens with zero attached hydrogens (tertiary/aromatic N) is 7. The lowest BCUT2D eigenvalue weighted by Crippen LogP contribution is -2.30. The zero-order chi connectivity index (χ0) is 21.0. The van der Waals surface area contributed by atoms with Crippen LogP contribution >= 0.6 is 0 Å². The summed E-state index contributed by atoms with van der Waals surface area (Å²) in [6.07, 6.45) is 12.0. The fourth-order valence-electron chi connectivity index (χ4n) is 3.88. The third-order valence-electron chi connectivity index (χ3n) is 5.41. The second kappa shape index (κ2) is 8.39. The summed E-state index contributed by atoms with van der Waals surface area (Å²) < 4.78 is 5.60. The molecule has 5 rings (SSSR count). The van der Waals surface area contributed by atoms with E-state index in [9.17, 15) is 4.79 Å². The molecular formula is C22H19N7O2. The molecule has 5 heterocycles. The maximum Gasteiger partial charge on any atom is 0.232 e. The van der Waals surface area contributed by atoms with E-state index in [-0.39, 0.29) is 17.7 Å². The summed E-state index contributed by atoms with van der Waals surface area (Å²) in [5.41, 5.74) is 2.46. The normalized spacial score (nSPS) is 18.3. The van der Waals surface area contributed by atoms with Gasteiger partial charge in [0.1, 0.15) is 5.69 Å². The van der Waals surface area contributed by atoms with Crippen molar-refractivity contribution in [1.82, 2.24) is 35.0 Å². The number of amides is 1. The SMILES string of the molecule is O=C(Cc1cccnc1)N1C[C@@H](c2cccnc2)[C@H](c2nc(-c3cnccn3)no2)C1. The lowest BCUT2D eigenvalue weighted by molar-refractivity contribution is -0.129. The van der Waals surface area contributed by atoms with Crippen LogP contribution in [-0.4, -0.2) is 54.0 Å². The molecule has 4 aromatic heterocycles. The molecule has 0 N–H and O–H groups in total. The van der Waals surface area contributed by atoms with Crippen molar-refractivity contribution < 1.29 is 9.32 Å². The van der Waals surface area contributed by atoms with Crippen LogP contribution in [0.3, 0.4) is 0 Å². The Kier molecular flexibility index (Phi) is 5.14. The van der Waals surface area contributed by atoms with Gasteiger partial charge < -0.3 is 9.42 Å². The number of carbonyl (C=O) groups excluding carboxylic acids is 1. The summed E-state index contributed by atoms with van der Waals surface area (Å²) in [5, 5.41) is 4.08. The fourth-order valence-corrected chi connectivity index (χ4v) is 3.88. The van der Waals surface area contributed by atoms with E-state index in [1.165, 1.54) is 0 Å². The Bertz CT molecular complexity index is 1150. The molecule has 31 heavy (non-hydrogen) atoms. The van der Waals surface area contributed by atoms with Crippen LogP contribution in [-0.2, 0) is 11.2 Å². The van der Waals surface area contributed by atoms with Crippen molar-refractivity contribution in [3.05, 3.63) is 84.7 Å². The standard InChI is InChI=1S/C22H19N7O2/c30-20(9-15-3-1-5-23-10-15)29-13-17(16-4-2-6-24-11-16)18(14-29)22-27-21(28-31-22)19-12-25-7-8-26-19/h1-8,10-12,17-18H,9,13-14H2/t17-,18+/m0/s1. The first-order valence-electron chi connectivity index (χ1n) is 9.94. The highest BCUT2D eigenvalue weighted by atomic mass is 16.5. The molecule has 2 atom stereocenters. The van der Waals surface area contributed by atoms with Gasteiger partial charge in [-0.3, -0.25) is 19.7 Å². The molecular weight excluding hydrogens is 394 g/mol. The Morgan fingerprint density at radius 3 is 2.52 bits per heavy atom. The molecule has 0 bridgehead atoms. The Balaban J connectivity index is 1.42. The van der Waals surface area contributed by atoms with Crippen molar-refractivity contribution in [2.24, 2.45) is 0 Å². The number of likely N-dealkylation sites (tertiary alicyclic amines) is 1. The number of rotatable bonds is 5. The van der Waals surface area contributed by atoms with Gasteiger partial charge in [-0.25, -0.2) is 4.98 Å². The lowest BCUT2D eigenvalue weighted by atomic mass is 9.90. The summed E-state index contributed by atoms with van der Waals surface area (Å²) in [6, 6.07) is 7.65. The van der Waals surface area contributed by atoms with Gasteiger partial charge in [0.25, 0.3) is 0 Å². The second-order valence-corrected chi connectivity index (χ2v) is 7.38. The minimum atomic E-state index is -0.139. The Morgan fingerprint density at radius 2 is 1.77 bits per heavy atom. The molecule has 0 aromatic carbocycles. The van der Waals surface area contributed by atoms with Crippen LogP contribution in [0.4, 0.5) is 0 Å². The molecule has 0 aliphatic carbocycles. The molecule has 154 valence electrons. The Morgan fingerprint density at radius 1 is 0.968 bits per heavy atom. The average Bonchev–Trinajstić information content (AvgIpc) is 3.49. The summed E-state index contributed by atoms with van der Waals surface area (Å²) >= 11 is 0. The third kappa shape index (κ3) is 4.02. The van der Waals surface area contributed by atoms with Gasteiger partial charge in [0.2, 0.25) is 17.6 Å². The molecule has 1 fully saturated rings. The van der Waals surface area contributed by atoms with E-state index >= 15 is 0 Å². The summed E-state index contributed by atoms with van der Waals surface area (Å²) in [5.74, 6) is 0.763. The van der Waals surface area contributed by atoms with Gasteiger partial charge in [-0.1, -0.05) is 17.3 Å². The first kappa shape index (κ1) is 19.0. The Hall–Kier alpha value is -4.01. The van der Waals surface area contributed by atoms with Crippen LogP contribution in [0.25, 0.3) is 11.5 Å². The summed E-state index contributed by atoms with van der Waals surface area (Å²) in [6.45, 7) is 1.04. The molecule has 0 unspecified atom stereocenters. The molecule has 1 saturated heterocycles. The molecule has 1 amide bonds. The van der Waals surface area contributed by atoms with E-state index in [4.69, 9.17) is 4.52 Å². The minimum absolute atomic E-state index is 0.00158. The average molecular weight is 413 g/mol. The van der Waals surface area contributed by atoms with E-state index in [1.807, 2.05) is 35.4 Å². The number of hydrogen-bond donors (Lipinski definition) is 0. The third-order valence-corrected chi connectivity index (χ3v) is 5.41. The van der Waals surface area contributed by atoms with E-state index in [2.05, 4.69) is 30.1 Å². The predicted octanol–water partition coefficient (Wildman–Crippen LogP) is 2.27. The highest BCUT2D eigenvalue weighted by molar-refractivity contribution is 5.79. The smallest absolute Gasteiger partial charge is 0.232 e. The Labute approximate surface area is 178 Å². The predicted molar refractivity (Wildman–Crippen MR) is 110 cm³/mol. The van der Waals surface area contributed by atoms with Crippen molar-refractivity contribution in [2.45, 2.75) is 18.3 Å². The minimum Gasteiger partial charge on any atom is -0.341 e. The van der Waals surface area contributed by atoms with Crippen molar-refractivity contribution in [3.63, 3.8) is 0 Å². The van der Waals surface area contributed by atoms with Gasteiger partial charge in [0, 0.05) is 56.2 Å². The number of hydrogen-bond acceptors (Lipinski definition) is 8. The van der Waals surface area contributed by atoms with Crippen molar-refractivity contribution in [3.8, 4) is 11.5 Å². The zero-order valence-electron chi connectivity index (χ0n) is 16.6. The molecule has 0 saturated carbocycles. The molecule has 0 spiro atoms. The molecule has 0 radical (unpaired) electrons. The maximum atomic E-state index is 13.0. The maximum absolute atomic E-state index is 13.0. The van der Waals surface area contributed by atoms with E-state index in [0.717, 1.165) is 11.1 Å². The highest BCUT2D eigenvalue weighted by Gasteiger charge is 2.40. The number of pyridine rings is 2. The van der Waals surface area contributed by atoms with Gasteiger partial charge in [-0.15, -0.1) is 0 Å². The van der Waals surface area contributed by atoms with Crippen LogP contribution in [0.1, 0.15) is 28.9 Å². The highest BCUT2D eigenvalue weighted by Crippen LogP contribution is 2.39. The number of carbonyl (C=O) groups is 1. The zero-order valence-corrected chi connectivity index (χ0v) is 16.6. The molecule has 9 nitrogen and oxygen atoms in total. The quantitative estimate of drug-likeness (QED) is 0.490. The molecule has 1 aliphatic rings. The largest absolute Gasteiger partial charge is 0.341 e. The lowest BCUT2D eigenvalue weighted by Gasteiger charge is -2.16. The van der Waals surface area contributed by atoms with Gasteiger partial charge in [-0.2, -0.15) is 4.98 Å². The number of aromatic nitrogens is 6. The van der Waals surface area contributed by atoms with E-state index in [0.29, 0.717) is 36.9 Å². The molecule has 9 heteroatoms. The van der Waals surface area contributed by atoms with E-state index < -0.39 is 0 Å². The molecule has 4 aromatic rings. The van der Waals surface area contributed by atoms with Gasteiger partial charge in [0.05, 0.1) is 18.5 Å². The first-order chi connectivity index (χ1) is 15.3. The van der Waals surface area contributed by atoms with Crippen molar-refractivity contribution >= 4 is 5.91 Å². The van der Waals surface area contributed by atoms with Crippen LogP contribution in [0.5, 0.6) is 0 Å². The van der Waals surface area contributed by atoms with Crippen molar-refractivity contribution in [1.29, 1.82) is 0 Å². The second-order valence-electron chi connectivity index (χ2n) is 7.38. The summed E-state index contributed by atoms with van der Waals surface area (Å²) in [4.78, 5) is 36.0. The van der Waals surface area contributed by atoms with E-state index in [1.54, 1.807) is 37.2 Å². The van der Waals surface area contributed by atoms with Crippen LogP contribution in [0.2, 0.25) is 0 Å². The first-order valence-corrected chi connectivity index (χ1v) is 9.94.